The molecule has 1 nitrogen and oxygen atoms in total. The van der Waals surface area contributed by atoms with E-state index in [1.54, 1.807) is 11.3 Å². The quantitative estimate of drug-likeness (QED) is 0.700. The lowest BCUT2D eigenvalue weighted by molar-refractivity contribution is 0.869. The molecule has 0 aliphatic heterocycles. The predicted molar refractivity (Wildman–Crippen MR) is 63.3 cm³/mol. The lowest BCUT2D eigenvalue weighted by atomic mass is 10.0. The van der Waals surface area contributed by atoms with Crippen molar-refractivity contribution < 1.29 is 0 Å². The standard InChI is InChI=1S/C11H12ClNS/c1-7(2)8-3-4-9-10(5-8)14-11(6-12)13-9/h3-5,7H,6H2,1-2H3. The summed E-state index contributed by atoms with van der Waals surface area (Å²) in [6.45, 7) is 4.40. The lowest BCUT2D eigenvalue weighted by Gasteiger charge is -2.03. The number of alkyl halides is 1. The van der Waals surface area contributed by atoms with Crippen molar-refractivity contribution in [2.45, 2.75) is 25.6 Å². The minimum Gasteiger partial charge on any atom is -0.240 e. The molecule has 2 aromatic rings. The first-order valence-electron chi connectivity index (χ1n) is 4.66. The van der Waals surface area contributed by atoms with Crippen molar-refractivity contribution in [2.75, 3.05) is 0 Å². The van der Waals surface area contributed by atoms with E-state index in [2.05, 4.69) is 37.0 Å². The highest BCUT2D eigenvalue weighted by atomic mass is 35.5. The Bertz CT molecular complexity index is 447. The third-order valence-electron chi connectivity index (χ3n) is 2.24. The third-order valence-corrected chi connectivity index (χ3v) is 3.67. The molecule has 0 bridgehead atoms. The second-order valence-electron chi connectivity index (χ2n) is 3.62. The summed E-state index contributed by atoms with van der Waals surface area (Å²) in [7, 11) is 0. The molecule has 0 unspecified atom stereocenters. The summed E-state index contributed by atoms with van der Waals surface area (Å²) in [6.07, 6.45) is 0. The maximum Gasteiger partial charge on any atom is 0.109 e. The Kier molecular flexibility index (Phi) is 2.75. The molecule has 0 saturated heterocycles. The second-order valence-corrected chi connectivity index (χ2v) is 5.01. The fourth-order valence-corrected chi connectivity index (χ4v) is 2.49. The van der Waals surface area contributed by atoms with E-state index in [0.717, 1.165) is 10.5 Å². The number of hydrogen-bond donors (Lipinski definition) is 0. The van der Waals surface area contributed by atoms with Gasteiger partial charge in [0.25, 0.3) is 0 Å². The smallest absolute Gasteiger partial charge is 0.109 e. The van der Waals surface area contributed by atoms with E-state index in [0.29, 0.717) is 11.8 Å². The summed E-state index contributed by atoms with van der Waals surface area (Å²) >= 11 is 7.43. The fourth-order valence-electron chi connectivity index (χ4n) is 1.41. The van der Waals surface area contributed by atoms with E-state index in [9.17, 15) is 0 Å². The lowest BCUT2D eigenvalue weighted by Crippen LogP contribution is -1.85. The molecule has 74 valence electrons. The van der Waals surface area contributed by atoms with E-state index >= 15 is 0 Å². The third kappa shape index (κ3) is 1.77. The number of halogens is 1. The summed E-state index contributed by atoms with van der Waals surface area (Å²) in [5.74, 6) is 1.08. The highest BCUT2D eigenvalue weighted by Gasteiger charge is 2.05. The van der Waals surface area contributed by atoms with Crippen LogP contribution in [-0.4, -0.2) is 4.98 Å². The Morgan fingerprint density at radius 1 is 1.43 bits per heavy atom. The first-order chi connectivity index (χ1) is 6.70. The SMILES string of the molecule is CC(C)c1ccc2nc(CCl)sc2c1. The van der Waals surface area contributed by atoms with Crippen LogP contribution < -0.4 is 0 Å². The Labute approximate surface area is 92.7 Å². The van der Waals surface area contributed by atoms with Gasteiger partial charge in [0.15, 0.2) is 0 Å². The molecule has 0 aliphatic carbocycles. The molecule has 1 heterocycles. The Morgan fingerprint density at radius 2 is 2.21 bits per heavy atom. The maximum atomic E-state index is 5.75. The Hall–Kier alpha value is -0.600. The average molecular weight is 226 g/mol. The minimum atomic E-state index is 0.510. The number of aromatic nitrogens is 1. The van der Waals surface area contributed by atoms with Crippen LogP contribution in [0.3, 0.4) is 0 Å². The normalized spacial score (nSPS) is 11.4. The molecule has 0 fully saturated rings. The van der Waals surface area contributed by atoms with Crippen LogP contribution in [0.5, 0.6) is 0 Å². The fraction of sp³-hybridized carbons (Fsp3) is 0.364. The van der Waals surface area contributed by atoms with Gasteiger partial charge in [-0.15, -0.1) is 22.9 Å². The van der Waals surface area contributed by atoms with E-state index in [4.69, 9.17) is 11.6 Å². The van der Waals surface area contributed by atoms with Gasteiger partial charge in [-0.25, -0.2) is 4.98 Å². The maximum absolute atomic E-state index is 5.75. The van der Waals surface area contributed by atoms with Crippen LogP contribution in [0.4, 0.5) is 0 Å². The van der Waals surface area contributed by atoms with Crippen molar-refractivity contribution in [3.63, 3.8) is 0 Å². The number of benzene rings is 1. The van der Waals surface area contributed by atoms with Gasteiger partial charge in [0.2, 0.25) is 0 Å². The van der Waals surface area contributed by atoms with Gasteiger partial charge in [-0.2, -0.15) is 0 Å². The molecule has 2 rings (SSSR count). The molecular formula is C11H12ClNS. The zero-order chi connectivity index (χ0) is 10.1. The van der Waals surface area contributed by atoms with Crippen LogP contribution in [0.2, 0.25) is 0 Å². The van der Waals surface area contributed by atoms with Gasteiger partial charge in [0.05, 0.1) is 16.1 Å². The van der Waals surface area contributed by atoms with Crippen LogP contribution in [0.25, 0.3) is 10.2 Å². The molecule has 3 heteroatoms. The van der Waals surface area contributed by atoms with Crippen molar-refractivity contribution in [1.29, 1.82) is 0 Å². The van der Waals surface area contributed by atoms with Crippen LogP contribution in [0.15, 0.2) is 18.2 Å². The van der Waals surface area contributed by atoms with Crippen molar-refractivity contribution in [1.82, 2.24) is 4.98 Å². The van der Waals surface area contributed by atoms with Crippen molar-refractivity contribution in [3.8, 4) is 0 Å². The molecule has 0 spiro atoms. The summed E-state index contributed by atoms with van der Waals surface area (Å²) in [5, 5.41) is 1.00. The zero-order valence-corrected chi connectivity index (χ0v) is 9.82. The molecule has 0 amide bonds. The van der Waals surface area contributed by atoms with E-state index in [1.807, 2.05) is 0 Å². The van der Waals surface area contributed by atoms with Gasteiger partial charge in [0, 0.05) is 0 Å². The highest BCUT2D eigenvalue weighted by molar-refractivity contribution is 7.18. The molecule has 14 heavy (non-hydrogen) atoms. The molecule has 0 saturated carbocycles. The molecule has 1 aromatic carbocycles. The van der Waals surface area contributed by atoms with Crippen LogP contribution in [0.1, 0.15) is 30.3 Å². The largest absolute Gasteiger partial charge is 0.240 e. The summed E-state index contributed by atoms with van der Waals surface area (Å²) in [4.78, 5) is 4.42. The van der Waals surface area contributed by atoms with Gasteiger partial charge < -0.3 is 0 Å². The number of fused-ring (bicyclic) bond motifs is 1. The van der Waals surface area contributed by atoms with Crippen molar-refractivity contribution in [2.24, 2.45) is 0 Å². The molecular weight excluding hydrogens is 214 g/mol. The molecule has 0 aliphatic rings. The number of hydrogen-bond acceptors (Lipinski definition) is 2. The number of nitrogens with zero attached hydrogens (tertiary/aromatic N) is 1. The Morgan fingerprint density at radius 3 is 2.86 bits per heavy atom. The van der Waals surface area contributed by atoms with Crippen molar-refractivity contribution in [3.05, 3.63) is 28.8 Å². The summed E-state index contributed by atoms with van der Waals surface area (Å²) < 4.78 is 1.24. The second kappa shape index (κ2) is 3.87. The monoisotopic (exact) mass is 225 g/mol. The first-order valence-corrected chi connectivity index (χ1v) is 6.01. The highest BCUT2D eigenvalue weighted by Crippen LogP contribution is 2.26. The Balaban J connectivity index is 2.54. The molecule has 1 aromatic heterocycles. The van der Waals surface area contributed by atoms with Gasteiger partial charge in [0.1, 0.15) is 5.01 Å². The van der Waals surface area contributed by atoms with Crippen LogP contribution in [0, 0.1) is 0 Å². The summed E-state index contributed by atoms with van der Waals surface area (Å²) in [6, 6.07) is 6.44. The van der Waals surface area contributed by atoms with E-state index in [-0.39, 0.29) is 0 Å². The van der Waals surface area contributed by atoms with Crippen molar-refractivity contribution >= 4 is 33.2 Å². The van der Waals surface area contributed by atoms with Gasteiger partial charge in [-0.3, -0.25) is 0 Å². The van der Waals surface area contributed by atoms with Gasteiger partial charge in [-0.1, -0.05) is 19.9 Å². The topological polar surface area (TPSA) is 12.9 Å². The first kappa shape index (κ1) is 9.94. The van der Waals surface area contributed by atoms with E-state index < -0.39 is 0 Å². The minimum absolute atomic E-state index is 0.510. The zero-order valence-electron chi connectivity index (χ0n) is 8.25. The molecule has 0 radical (unpaired) electrons. The van der Waals surface area contributed by atoms with Crippen LogP contribution in [-0.2, 0) is 5.88 Å². The van der Waals surface area contributed by atoms with Gasteiger partial charge >= 0.3 is 0 Å². The number of thiazole rings is 1. The molecule has 0 N–H and O–H groups in total. The van der Waals surface area contributed by atoms with Crippen LogP contribution >= 0.6 is 22.9 Å². The predicted octanol–water partition coefficient (Wildman–Crippen LogP) is 4.16. The number of rotatable bonds is 2. The summed E-state index contributed by atoms with van der Waals surface area (Å²) in [5.41, 5.74) is 2.43. The van der Waals surface area contributed by atoms with E-state index in [1.165, 1.54) is 10.3 Å². The molecule has 0 atom stereocenters. The van der Waals surface area contributed by atoms with Gasteiger partial charge in [-0.05, 0) is 23.6 Å². The average Bonchev–Trinajstić information content (AvgIpc) is 2.58.